The van der Waals surface area contributed by atoms with Crippen molar-refractivity contribution < 1.29 is 4.79 Å². The molecule has 20 heavy (non-hydrogen) atoms. The lowest BCUT2D eigenvalue weighted by atomic mass is 10.0. The highest BCUT2D eigenvalue weighted by Gasteiger charge is 2.25. The number of amides is 2. The highest BCUT2D eigenvalue weighted by molar-refractivity contribution is 6.30. The zero-order valence-electron chi connectivity index (χ0n) is 12.3. The van der Waals surface area contributed by atoms with Crippen LogP contribution in [0.2, 0.25) is 5.02 Å². The second-order valence-corrected chi connectivity index (χ2v) is 5.84. The molecule has 2 rings (SSSR count). The number of anilines is 1. The van der Waals surface area contributed by atoms with Crippen LogP contribution in [-0.4, -0.2) is 23.5 Å². The second kappa shape index (κ2) is 6.98. The predicted octanol–water partition coefficient (Wildman–Crippen LogP) is 4.70. The number of nitrogens with zero attached hydrogens (tertiary/aromatic N) is 1. The molecule has 1 N–H and O–H groups in total. The molecule has 0 spiro atoms. The monoisotopic (exact) mass is 294 g/mol. The Balaban J connectivity index is 2.17. The van der Waals surface area contributed by atoms with Gasteiger partial charge in [0.1, 0.15) is 0 Å². The van der Waals surface area contributed by atoms with Crippen molar-refractivity contribution in [1.29, 1.82) is 0 Å². The molecule has 0 radical (unpaired) electrons. The molecule has 1 aromatic rings. The molecule has 0 bridgehead atoms. The third-order valence-corrected chi connectivity index (χ3v) is 4.11. The Kier molecular flexibility index (Phi) is 5.30. The third-order valence-electron chi connectivity index (χ3n) is 3.88. The first-order chi connectivity index (χ1) is 9.65. The lowest BCUT2D eigenvalue weighted by Gasteiger charge is -2.30. The molecular weight excluding hydrogens is 272 g/mol. The van der Waals surface area contributed by atoms with Crippen LogP contribution >= 0.6 is 11.6 Å². The largest absolute Gasteiger partial charge is 0.322 e. The zero-order chi connectivity index (χ0) is 14.5. The van der Waals surface area contributed by atoms with Crippen molar-refractivity contribution in [2.45, 2.75) is 52.0 Å². The molecule has 1 aliphatic rings. The minimum absolute atomic E-state index is 0.0259. The van der Waals surface area contributed by atoms with Crippen molar-refractivity contribution in [3.8, 4) is 0 Å². The Hall–Kier alpha value is -1.22. The summed E-state index contributed by atoms with van der Waals surface area (Å²) >= 11 is 6.04. The maximum Gasteiger partial charge on any atom is 0.322 e. The quantitative estimate of drug-likeness (QED) is 0.839. The second-order valence-electron chi connectivity index (χ2n) is 5.41. The topological polar surface area (TPSA) is 32.3 Å². The molecule has 0 unspecified atom stereocenters. The number of hydrogen-bond donors (Lipinski definition) is 1. The smallest absolute Gasteiger partial charge is 0.321 e. The van der Waals surface area contributed by atoms with Gasteiger partial charge < -0.3 is 10.2 Å². The Morgan fingerprint density at radius 1 is 1.30 bits per heavy atom. The van der Waals surface area contributed by atoms with Crippen LogP contribution in [-0.2, 0) is 6.42 Å². The highest BCUT2D eigenvalue weighted by atomic mass is 35.5. The van der Waals surface area contributed by atoms with Gasteiger partial charge in [-0.05, 0) is 43.0 Å². The number of halogens is 1. The lowest BCUT2D eigenvalue weighted by molar-refractivity contribution is 0.180. The molecule has 0 fully saturated rings. The fourth-order valence-corrected chi connectivity index (χ4v) is 3.09. The van der Waals surface area contributed by atoms with Crippen molar-refractivity contribution in [3.05, 3.63) is 28.8 Å². The predicted molar refractivity (Wildman–Crippen MR) is 84.5 cm³/mol. The van der Waals surface area contributed by atoms with Gasteiger partial charge in [-0.1, -0.05) is 38.3 Å². The fraction of sp³-hybridized carbons (Fsp3) is 0.562. The lowest BCUT2D eigenvalue weighted by Crippen LogP contribution is -2.42. The summed E-state index contributed by atoms with van der Waals surface area (Å²) in [5.74, 6) is 0. The van der Waals surface area contributed by atoms with E-state index in [0.29, 0.717) is 6.04 Å². The summed E-state index contributed by atoms with van der Waals surface area (Å²) in [6, 6.07) is 6.04. The maximum atomic E-state index is 12.4. The summed E-state index contributed by atoms with van der Waals surface area (Å²) in [7, 11) is 0. The van der Waals surface area contributed by atoms with Crippen LogP contribution in [0.4, 0.5) is 10.5 Å². The normalized spacial score (nSPS) is 15.0. The van der Waals surface area contributed by atoms with Crippen molar-refractivity contribution in [3.63, 3.8) is 0 Å². The molecule has 3 nitrogen and oxygen atoms in total. The van der Waals surface area contributed by atoms with Crippen molar-refractivity contribution in [2.75, 3.05) is 11.9 Å². The van der Waals surface area contributed by atoms with E-state index in [1.54, 1.807) is 0 Å². The molecule has 0 saturated carbocycles. The van der Waals surface area contributed by atoms with E-state index in [0.717, 1.165) is 54.9 Å². The molecule has 0 aliphatic carbocycles. The summed E-state index contributed by atoms with van der Waals surface area (Å²) in [4.78, 5) is 14.4. The summed E-state index contributed by atoms with van der Waals surface area (Å²) in [6.45, 7) is 5.11. The van der Waals surface area contributed by atoms with E-state index in [-0.39, 0.29) is 6.03 Å². The average molecular weight is 295 g/mol. The third kappa shape index (κ3) is 3.45. The first kappa shape index (κ1) is 15.2. The van der Waals surface area contributed by atoms with Gasteiger partial charge in [0, 0.05) is 23.3 Å². The number of carbonyl (C=O) groups is 1. The Labute approximate surface area is 126 Å². The van der Waals surface area contributed by atoms with E-state index in [4.69, 9.17) is 11.6 Å². The molecule has 0 saturated heterocycles. The van der Waals surface area contributed by atoms with Gasteiger partial charge in [0.15, 0.2) is 0 Å². The van der Waals surface area contributed by atoms with E-state index in [1.807, 2.05) is 23.1 Å². The molecule has 1 aromatic carbocycles. The summed E-state index contributed by atoms with van der Waals surface area (Å²) in [5, 5.41) is 3.75. The van der Waals surface area contributed by atoms with Crippen LogP contribution < -0.4 is 5.32 Å². The van der Waals surface area contributed by atoms with Crippen LogP contribution in [0.5, 0.6) is 0 Å². The van der Waals surface area contributed by atoms with Crippen LogP contribution in [0.3, 0.4) is 0 Å². The number of carbonyl (C=O) groups excluding carboxylic acids is 1. The van der Waals surface area contributed by atoms with E-state index in [2.05, 4.69) is 19.2 Å². The van der Waals surface area contributed by atoms with E-state index in [1.165, 1.54) is 0 Å². The van der Waals surface area contributed by atoms with Gasteiger partial charge in [0.05, 0.1) is 0 Å². The SMILES string of the molecule is CCCC(CCC)N1CCc2cc(Cl)ccc2NC1=O. The van der Waals surface area contributed by atoms with Gasteiger partial charge in [-0.3, -0.25) is 0 Å². The molecule has 4 heteroatoms. The van der Waals surface area contributed by atoms with Crippen molar-refractivity contribution in [1.82, 2.24) is 4.90 Å². The average Bonchev–Trinajstić information content (AvgIpc) is 2.57. The minimum atomic E-state index is 0.0259. The summed E-state index contributed by atoms with van der Waals surface area (Å²) in [6.07, 6.45) is 5.20. The number of benzene rings is 1. The van der Waals surface area contributed by atoms with Gasteiger partial charge in [-0.2, -0.15) is 0 Å². The standard InChI is InChI=1S/C16H23ClN2O/c1-3-5-14(6-4-2)19-10-9-12-11-13(17)7-8-15(12)18-16(19)20/h7-8,11,14H,3-6,9-10H2,1-2H3,(H,18,20). The van der Waals surface area contributed by atoms with E-state index < -0.39 is 0 Å². The van der Waals surface area contributed by atoms with Gasteiger partial charge in [0.2, 0.25) is 0 Å². The van der Waals surface area contributed by atoms with Crippen LogP contribution in [0.25, 0.3) is 0 Å². The summed E-state index contributed by atoms with van der Waals surface area (Å²) in [5.41, 5.74) is 2.02. The molecule has 110 valence electrons. The molecule has 2 amide bonds. The number of rotatable bonds is 5. The Bertz CT molecular complexity index is 470. The van der Waals surface area contributed by atoms with E-state index >= 15 is 0 Å². The van der Waals surface area contributed by atoms with Gasteiger partial charge in [0.25, 0.3) is 0 Å². The summed E-state index contributed by atoms with van der Waals surface area (Å²) < 4.78 is 0. The fourth-order valence-electron chi connectivity index (χ4n) is 2.89. The van der Waals surface area contributed by atoms with Crippen molar-refractivity contribution >= 4 is 23.3 Å². The molecule has 1 aliphatic heterocycles. The first-order valence-corrected chi connectivity index (χ1v) is 7.89. The molecule has 1 heterocycles. The van der Waals surface area contributed by atoms with Gasteiger partial charge in [-0.25, -0.2) is 4.79 Å². The number of fused-ring (bicyclic) bond motifs is 1. The van der Waals surface area contributed by atoms with Crippen LogP contribution in [0, 0.1) is 0 Å². The van der Waals surface area contributed by atoms with Crippen LogP contribution in [0.15, 0.2) is 18.2 Å². The van der Waals surface area contributed by atoms with E-state index in [9.17, 15) is 4.79 Å². The van der Waals surface area contributed by atoms with Crippen molar-refractivity contribution in [2.24, 2.45) is 0 Å². The zero-order valence-corrected chi connectivity index (χ0v) is 13.0. The number of urea groups is 1. The Morgan fingerprint density at radius 3 is 2.65 bits per heavy atom. The maximum absolute atomic E-state index is 12.4. The van der Waals surface area contributed by atoms with Crippen LogP contribution in [0.1, 0.15) is 45.1 Å². The molecular formula is C16H23ClN2O. The molecule has 0 atom stereocenters. The van der Waals surface area contributed by atoms with Gasteiger partial charge in [-0.15, -0.1) is 0 Å². The number of nitrogens with one attached hydrogen (secondary N) is 1. The highest BCUT2D eigenvalue weighted by Crippen LogP contribution is 2.26. The molecule has 0 aromatic heterocycles. The minimum Gasteiger partial charge on any atom is -0.321 e. The number of hydrogen-bond acceptors (Lipinski definition) is 1. The van der Waals surface area contributed by atoms with Gasteiger partial charge >= 0.3 is 6.03 Å². The Morgan fingerprint density at radius 2 is 2.00 bits per heavy atom. The first-order valence-electron chi connectivity index (χ1n) is 7.51.